The number of hydrogen-bond donors (Lipinski definition) is 5. The average Bonchev–Trinajstić information content (AvgIpc) is 2.52. The third kappa shape index (κ3) is 9.84. The Morgan fingerprint density at radius 2 is 1.87 bits per heavy atom. The van der Waals surface area contributed by atoms with E-state index in [0.29, 0.717) is 0 Å². The van der Waals surface area contributed by atoms with Crippen LogP contribution in [0.1, 0.15) is 12.8 Å². The van der Waals surface area contributed by atoms with E-state index in [-0.39, 0.29) is 26.0 Å². The fourth-order valence-electron chi connectivity index (χ4n) is 1.39. The average molecular weight is 354 g/mol. The van der Waals surface area contributed by atoms with Crippen molar-refractivity contribution in [2.45, 2.75) is 18.9 Å². The van der Waals surface area contributed by atoms with Gasteiger partial charge in [-0.3, -0.25) is 18.6 Å². The van der Waals surface area contributed by atoms with E-state index in [1.807, 2.05) is 0 Å². The van der Waals surface area contributed by atoms with Crippen molar-refractivity contribution >= 4 is 25.7 Å². The van der Waals surface area contributed by atoms with Gasteiger partial charge < -0.3 is 26.2 Å². The van der Waals surface area contributed by atoms with Gasteiger partial charge in [-0.15, -0.1) is 0 Å². The summed E-state index contributed by atoms with van der Waals surface area (Å²) in [6, 6.07) is -1.66. The van der Waals surface area contributed by atoms with E-state index in [0.717, 1.165) is 7.11 Å². The number of phosphoric acid groups is 1. The smallest absolute Gasteiger partial charge is 0.359 e. The molecule has 12 heteroatoms. The van der Waals surface area contributed by atoms with Crippen molar-refractivity contribution in [1.82, 2.24) is 21.3 Å². The lowest BCUT2D eigenvalue weighted by Crippen LogP contribution is -2.51. The van der Waals surface area contributed by atoms with Gasteiger partial charge in [-0.1, -0.05) is 0 Å². The molecule has 0 aliphatic heterocycles. The van der Waals surface area contributed by atoms with Crippen LogP contribution in [0.3, 0.4) is 0 Å². The topological polar surface area (TPSA) is 155 Å². The molecule has 0 heterocycles. The number of hydrogen-bond acceptors (Lipinski definition) is 6. The minimum absolute atomic E-state index is 0.0982. The molecule has 0 aliphatic carbocycles. The van der Waals surface area contributed by atoms with Gasteiger partial charge in [0.25, 0.3) is 0 Å². The predicted octanol–water partition coefficient (Wildman–Crippen LogP) is -1.31. The van der Waals surface area contributed by atoms with Crippen molar-refractivity contribution in [2.75, 3.05) is 34.4 Å². The Labute approximate surface area is 134 Å². The maximum Gasteiger partial charge on any atom is 0.471 e. The Bertz CT molecular complexity index is 460. The summed E-state index contributed by atoms with van der Waals surface area (Å²) in [6.07, 6.45) is 0.0512. The number of rotatable bonds is 10. The Balaban J connectivity index is 4.15. The van der Waals surface area contributed by atoms with Crippen molar-refractivity contribution in [3.63, 3.8) is 0 Å². The van der Waals surface area contributed by atoms with Crippen LogP contribution in [-0.2, 0) is 23.2 Å². The molecule has 134 valence electrons. The molecule has 0 aromatic carbocycles. The molecule has 0 radical (unpaired) electrons. The highest BCUT2D eigenvalue weighted by molar-refractivity contribution is 7.47. The molecule has 0 spiro atoms. The molecule has 0 rings (SSSR count). The first-order valence-corrected chi connectivity index (χ1v) is 8.25. The van der Waals surface area contributed by atoms with E-state index >= 15 is 0 Å². The predicted molar refractivity (Wildman–Crippen MR) is 80.5 cm³/mol. The molecule has 0 aromatic rings. The van der Waals surface area contributed by atoms with E-state index < -0.39 is 31.7 Å². The summed E-state index contributed by atoms with van der Waals surface area (Å²) in [5.74, 6) is -0.904. The lowest BCUT2D eigenvalue weighted by Gasteiger charge is -2.17. The summed E-state index contributed by atoms with van der Waals surface area (Å²) in [5.41, 5.74) is 0. The van der Waals surface area contributed by atoms with E-state index in [1.165, 1.54) is 14.1 Å². The second-order valence-corrected chi connectivity index (χ2v) is 5.84. The fraction of sp³-hybridized carbons (Fsp3) is 0.727. The number of carbonyl (C=O) groups is 3. The van der Waals surface area contributed by atoms with Crippen molar-refractivity contribution in [2.24, 2.45) is 0 Å². The summed E-state index contributed by atoms with van der Waals surface area (Å²) >= 11 is 0. The summed E-state index contributed by atoms with van der Waals surface area (Å²) in [4.78, 5) is 43.5. The molecule has 0 saturated carbocycles. The molecule has 2 atom stereocenters. The van der Waals surface area contributed by atoms with Gasteiger partial charge in [0.1, 0.15) is 6.04 Å². The van der Waals surface area contributed by atoms with Gasteiger partial charge in [0.05, 0.1) is 13.0 Å². The monoisotopic (exact) mass is 354 g/mol. The second-order valence-electron chi connectivity index (χ2n) is 4.28. The molecule has 23 heavy (non-hydrogen) atoms. The molecule has 0 bridgehead atoms. The van der Waals surface area contributed by atoms with Gasteiger partial charge in [0.15, 0.2) is 0 Å². The van der Waals surface area contributed by atoms with Crippen molar-refractivity contribution in [1.29, 1.82) is 0 Å². The molecule has 0 fully saturated rings. The SMILES string of the molecule is CNC(=O)CC(NC(=O)NCCCOP(=O)(O)OC)C(=O)NC. The molecule has 0 saturated heterocycles. The van der Waals surface area contributed by atoms with Crippen LogP contribution in [0, 0.1) is 0 Å². The molecular formula is C11H23N4O7P. The second kappa shape index (κ2) is 10.9. The first-order chi connectivity index (χ1) is 10.8. The summed E-state index contributed by atoms with van der Waals surface area (Å²) < 4.78 is 19.8. The van der Waals surface area contributed by atoms with E-state index in [2.05, 4.69) is 30.3 Å². The first-order valence-electron chi connectivity index (χ1n) is 6.75. The number of likely N-dealkylation sites (N-methyl/N-ethyl adjacent to an activating group) is 1. The van der Waals surface area contributed by atoms with Gasteiger partial charge in [-0.25, -0.2) is 9.36 Å². The zero-order valence-corrected chi connectivity index (χ0v) is 14.1. The highest BCUT2D eigenvalue weighted by atomic mass is 31.2. The van der Waals surface area contributed by atoms with Crippen LogP contribution in [0.5, 0.6) is 0 Å². The van der Waals surface area contributed by atoms with Gasteiger partial charge in [0, 0.05) is 27.7 Å². The molecule has 5 N–H and O–H groups in total. The Hall–Kier alpha value is -1.68. The molecular weight excluding hydrogens is 331 g/mol. The summed E-state index contributed by atoms with van der Waals surface area (Å²) in [6.45, 7) is 0.0367. The highest BCUT2D eigenvalue weighted by Crippen LogP contribution is 2.41. The third-order valence-electron chi connectivity index (χ3n) is 2.63. The van der Waals surface area contributed by atoms with Crippen molar-refractivity contribution < 1.29 is 32.9 Å². The van der Waals surface area contributed by atoms with E-state index in [9.17, 15) is 18.9 Å². The highest BCUT2D eigenvalue weighted by Gasteiger charge is 2.22. The summed E-state index contributed by atoms with van der Waals surface area (Å²) in [5, 5.41) is 9.50. The van der Waals surface area contributed by atoms with Crippen LogP contribution in [0.15, 0.2) is 0 Å². The van der Waals surface area contributed by atoms with Gasteiger partial charge >= 0.3 is 13.9 Å². The number of nitrogens with one attached hydrogen (secondary N) is 4. The summed E-state index contributed by atoms with van der Waals surface area (Å²) in [7, 11) is -0.175. The van der Waals surface area contributed by atoms with Crippen LogP contribution in [0.25, 0.3) is 0 Å². The number of amides is 4. The van der Waals surface area contributed by atoms with Crippen LogP contribution < -0.4 is 21.3 Å². The largest absolute Gasteiger partial charge is 0.471 e. The lowest BCUT2D eigenvalue weighted by atomic mass is 10.2. The van der Waals surface area contributed by atoms with Crippen LogP contribution in [-0.4, -0.2) is 63.1 Å². The van der Waals surface area contributed by atoms with Crippen LogP contribution >= 0.6 is 7.82 Å². The van der Waals surface area contributed by atoms with E-state index in [4.69, 9.17) is 4.89 Å². The molecule has 4 amide bonds. The van der Waals surface area contributed by atoms with Gasteiger partial charge in [0.2, 0.25) is 11.8 Å². The molecule has 11 nitrogen and oxygen atoms in total. The molecule has 0 aromatic heterocycles. The maximum atomic E-state index is 11.7. The molecule has 2 unspecified atom stereocenters. The number of carbonyl (C=O) groups excluding carboxylic acids is 3. The minimum Gasteiger partial charge on any atom is -0.359 e. The maximum absolute atomic E-state index is 11.7. The molecule has 0 aliphatic rings. The Morgan fingerprint density at radius 1 is 1.22 bits per heavy atom. The standard InChI is InChI=1S/C11H23N4O7P/c1-12-9(16)7-8(10(17)13-2)15-11(18)14-5-4-6-22-23(19,20)21-3/h8H,4-7H2,1-3H3,(H,12,16)(H,13,17)(H,19,20)(H2,14,15,18). The van der Waals surface area contributed by atoms with Crippen molar-refractivity contribution in [3.05, 3.63) is 0 Å². The number of urea groups is 1. The number of phosphoric ester groups is 1. The Kier molecular flexibility index (Phi) is 10.1. The zero-order valence-electron chi connectivity index (χ0n) is 13.2. The van der Waals surface area contributed by atoms with Gasteiger partial charge in [-0.05, 0) is 6.42 Å². The quantitative estimate of drug-likeness (QED) is 0.241. The van der Waals surface area contributed by atoms with Crippen LogP contribution in [0.2, 0.25) is 0 Å². The van der Waals surface area contributed by atoms with E-state index in [1.54, 1.807) is 0 Å². The zero-order chi connectivity index (χ0) is 17.9. The lowest BCUT2D eigenvalue weighted by molar-refractivity contribution is -0.127. The van der Waals surface area contributed by atoms with Crippen molar-refractivity contribution in [3.8, 4) is 0 Å². The first kappa shape index (κ1) is 21.3. The minimum atomic E-state index is -4.02. The fourth-order valence-corrected chi connectivity index (χ4v) is 1.85. The Morgan fingerprint density at radius 3 is 2.39 bits per heavy atom. The van der Waals surface area contributed by atoms with Gasteiger partial charge in [-0.2, -0.15) is 0 Å². The normalized spacial score (nSPS) is 14.3. The van der Waals surface area contributed by atoms with Crippen LogP contribution in [0.4, 0.5) is 4.79 Å². The third-order valence-corrected chi connectivity index (χ3v) is 3.60.